The van der Waals surface area contributed by atoms with E-state index in [2.05, 4.69) is 23.5 Å². The number of carbonyl (C=O) groups excluding carboxylic acids is 2. The van der Waals surface area contributed by atoms with Crippen LogP contribution in [0.1, 0.15) is 44.1 Å². The summed E-state index contributed by atoms with van der Waals surface area (Å²) in [5.74, 6) is 1.34. The van der Waals surface area contributed by atoms with E-state index in [0.29, 0.717) is 0 Å². The van der Waals surface area contributed by atoms with Crippen LogP contribution in [-0.2, 0) is 24.5 Å². The van der Waals surface area contributed by atoms with Gasteiger partial charge in [0.1, 0.15) is 5.70 Å². The third-order valence-electron chi connectivity index (χ3n) is 8.07. The SMILES string of the molecule is CNc1ccc(C23CC4CC(CC(C4)C2)C3)cc1N1C=CC=CC(C(=O)OC)=C1C(=O)OC. The summed E-state index contributed by atoms with van der Waals surface area (Å²) in [6, 6.07) is 6.57. The molecule has 4 saturated carbocycles. The van der Waals surface area contributed by atoms with Crippen LogP contribution in [0, 0.1) is 17.8 Å². The summed E-state index contributed by atoms with van der Waals surface area (Å²) in [5.41, 5.74) is 3.56. The molecule has 4 bridgehead atoms. The van der Waals surface area contributed by atoms with Crippen molar-refractivity contribution in [2.24, 2.45) is 17.8 Å². The third kappa shape index (κ3) is 3.65. The number of hydrogen-bond donors (Lipinski definition) is 1. The highest BCUT2D eigenvalue weighted by molar-refractivity contribution is 6.06. The number of benzene rings is 1. The Balaban J connectivity index is 1.64. The van der Waals surface area contributed by atoms with Crippen LogP contribution in [0.4, 0.5) is 11.4 Å². The molecule has 1 aromatic carbocycles. The first-order valence-electron chi connectivity index (χ1n) is 11.9. The second kappa shape index (κ2) is 8.40. The highest BCUT2D eigenvalue weighted by Crippen LogP contribution is 2.61. The zero-order chi connectivity index (χ0) is 23.2. The molecule has 1 aliphatic heterocycles. The van der Waals surface area contributed by atoms with Crippen molar-refractivity contribution in [3.05, 3.63) is 59.5 Å². The fourth-order valence-electron chi connectivity index (χ4n) is 7.09. The van der Waals surface area contributed by atoms with Crippen LogP contribution >= 0.6 is 0 Å². The van der Waals surface area contributed by atoms with Crippen LogP contribution in [0.25, 0.3) is 0 Å². The lowest BCUT2D eigenvalue weighted by Crippen LogP contribution is -2.48. The van der Waals surface area contributed by atoms with Gasteiger partial charge in [-0.2, -0.15) is 0 Å². The summed E-state index contributed by atoms with van der Waals surface area (Å²) >= 11 is 0. The standard InChI is InChI=1S/C27H32N2O4/c1-28-22-8-7-20(27-14-17-10-18(15-27)12-19(11-17)16-27)13-23(22)29-9-5-4-6-21(25(30)32-2)24(29)26(31)33-3/h4-9,13,17-19,28H,10-12,14-16H2,1-3H3. The largest absolute Gasteiger partial charge is 0.465 e. The van der Waals surface area contributed by atoms with Gasteiger partial charge in [-0.1, -0.05) is 12.1 Å². The second-order valence-corrected chi connectivity index (χ2v) is 10.00. The van der Waals surface area contributed by atoms with Gasteiger partial charge < -0.3 is 19.7 Å². The fourth-order valence-corrected chi connectivity index (χ4v) is 7.09. The van der Waals surface area contributed by atoms with Crippen molar-refractivity contribution in [3.63, 3.8) is 0 Å². The van der Waals surface area contributed by atoms with Crippen LogP contribution in [-0.4, -0.2) is 33.2 Å². The van der Waals surface area contributed by atoms with Crippen molar-refractivity contribution in [1.82, 2.24) is 0 Å². The molecule has 174 valence electrons. The van der Waals surface area contributed by atoms with Crippen LogP contribution in [0.15, 0.2) is 53.9 Å². The number of nitrogens with zero attached hydrogens (tertiary/aromatic N) is 1. The molecule has 33 heavy (non-hydrogen) atoms. The van der Waals surface area contributed by atoms with Gasteiger partial charge in [-0.15, -0.1) is 0 Å². The first-order chi connectivity index (χ1) is 16.0. The maximum absolute atomic E-state index is 12.9. The van der Waals surface area contributed by atoms with E-state index in [-0.39, 0.29) is 16.7 Å². The molecule has 0 amide bonds. The Bertz CT molecular complexity index is 1030. The number of anilines is 2. The van der Waals surface area contributed by atoms with Crippen LogP contribution < -0.4 is 10.2 Å². The number of rotatable bonds is 5. The lowest BCUT2D eigenvalue weighted by Gasteiger charge is -2.57. The summed E-state index contributed by atoms with van der Waals surface area (Å²) < 4.78 is 10.1. The number of methoxy groups -OCH3 is 2. The Morgan fingerprint density at radius 3 is 2.18 bits per heavy atom. The van der Waals surface area contributed by atoms with Gasteiger partial charge in [0.25, 0.3) is 0 Å². The van der Waals surface area contributed by atoms with Crippen LogP contribution in [0.3, 0.4) is 0 Å². The van der Waals surface area contributed by atoms with E-state index >= 15 is 0 Å². The summed E-state index contributed by atoms with van der Waals surface area (Å²) in [6.45, 7) is 0. The van der Waals surface area contributed by atoms with Crippen molar-refractivity contribution in [2.45, 2.75) is 43.9 Å². The Labute approximate surface area is 195 Å². The molecule has 1 aromatic rings. The molecule has 6 nitrogen and oxygen atoms in total. The molecular weight excluding hydrogens is 416 g/mol. The number of hydrogen-bond acceptors (Lipinski definition) is 6. The lowest BCUT2D eigenvalue weighted by atomic mass is 9.48. The molecule has 1 heterocycles. The zero-order valence-electron chi connectivity index (χ0n) is 19.6. The summed E-state index contributed by atoms with van der Waals surface area (Å²) in [5, 5.41) is 3.26. The van der Waals surface area contributed by atoms with E-state index < -0.39 is 11.9 Å². The van der Waals surface area contributed by atoms with Gasteiger partial charge in [0.2, 0.25) is 0 Å². The minimum Gasteiger partial charge on any atom is -0.465 e. The average Bonchev–Trinajstić information content (AvgIpc) is 3.04. The normalized spacial score (nSPS) is 29.8. The first-order valence-corrected chi connectivity index (χ1v) is 11.9. The van der Waals surface area contributed by atoms with Gasteiger partial charge in [0.05, 0.1) is 31.2 Å². The number of nitrogens with one attached hydrogen (secondary N) is 1. The molecule has 0 unspecified atom stereocenters. The number of carbonyl (C=O) groups is 2. The molecule has 0 atom stereocenters. The molecule has 0 aromatic heterocycles. The Morgan fingerprint density at radius 2 is 1.61 bits per heavy atom. The topological polar surface area (TPSA) is 67.9 Å². The minimum atomic E-state index is -0.589. The Morgan fingerprint density at radius 1 is 0.970 bits per heavy atom. The van der Waals surface area contributed by atoms with Crippen molar-refractivity contribution in [1.29, 1.82) is 0 Å². The highest BCUT2D eigenvalue weighted by atomic mass is 16.5. The Kier molecular flexibility index (Phi) is 5.55. The van der Waals surface area contributed by atoms with Gasteiger partial charge in [-0.3, -0.25) is 0 Å². The number of allylic oxidation sites excluding steroid dienone is 2. The predicted octanol–water partition coefficient (Wildman–Crippen LogP) is 4.69. The summed E-state index contributed by atoms with van der Waals surface area (Å²) in [6.07, 6.45) is 14.9. The summed E-state index contributed by atoms with van der Waals surface area (Å²) in [4.78, 5) is 27.2. The van der Waals surface area contributed by atoms with E-state index in [1.165, 1.54) is 58.3 Å². The first kappa shape index (κ1) is 21.8. The van der Waals surface area contributed by atoms with Crippen molar-refractivity contribution < 1.29 is 19.1 Å². The molecule has 0 spiro atoms. The highest BCUT2D eigenvalue weighted by Gasteiger charge is 2.51. The van der Waals surface area contributed by atoms with Gasteiger partial charge in [0.15, 0.2) is 0 Å². The number of esters is 2. The van der Waals surface area contributed by atoms with Crippen molar-refractivity contribution in [2.75, 3.05) is 31.5 Å². The molecule has 5 aliphatic rings. The van der Waals surface area contributed by atoms with Gasteiger partial charge in [-0.25, -0.2) is 9.59 Å². The molecule has 6 heteroatoms. The van der Waals surface area contributed by atoms with Crippen LogP contribution in [0.5, 0.6) is 0 Å². The minimum absolute atomic E-state index is 0.147. The molecular formula is C27H32N2O4. The molecule has 4 aliphatic carbocycles. The van der Waals surface area contributed by atoms with Gasteiger partial charge in [-0.05, 0) is 91.5 Å². The van der Waals surface area contributed by atoms with Crippen LogP contribution in [0.2, 0.25) is 0 Å². The van der Waals surface area contributed by atoms with E-state index in [4.69, 9.17) is 9.47 Å². The maximum atomic E-state index is 12.9. The molecule has 4 fully saturated rings. The average molecular weight is 449 g/mol. The zero-order valence-corrected chi connectivity index (χ0v) is 19.6. The fraction of sp³-hybridized carbons (Fsp3) is 0.481. The molecule has 6 rings (SSSR count). The number of ether oxygens (including phenoxy) is 2. The van der Waals surface area contributed by atoms with E-state index in [1.807, 2.05) is 13.1 Å². The maximum Gasteiger partial charge on any atom is 0.355 e. The van der Waals surface area contributed by atoms with E-state index in [0.717, 1.165) is 29.1 Å². The van der Waals surface area contributed by atoms with Crippen molar-refractivity contribution >= 4 is 23.3 Å². The van der Waals surface area contributed by atoms with Gasteiger partial charge >= 0.3 is 11.9 Å². The van der Waals surface area contributed by atoms with E-state index in [9.17, 15) is 9.59 Å². The van der Waals surface area contributed by atoms with E-state index in [1.54, 1.807) is 23.3 Å². The molecule has 1 N–H and O–H groups in total. The lowest BCUT2D eigenvalue weighted by molar-refractivity contribution is -0.139. The summed E-state index contributed by atoms with van der Waals surface area (Å²) in [7, 11) is 4.50. The molecule has 0 radical (unpaired) electrons. The van der Waals surface area contributed by atoms with Gasteiger partial charge in [0, 0.05) is 13.2 Å². The smallest absolute Gasteiger partial charge is 0.355 e. The quantitative estimate of drug-likeness (QED) is 0.660. The molecule has 0 saturated heterocycles. The third-order valence-corrected chi connectivity index (χ3v) is 8.07. The second-order valence-electron chi connectivity index (χ2n) is 10.00. The monoisotopic (exact) mass is 448 g/mol. The predicted molar refractivity (Wildman–Crippen MR) is 128 cm³/mol. The Hall–Kier alpha value is -3.02. The van der Waals surface area contributed by atoms with Crippen molar-refractivity contribution in [3.8, 4) is 0 Å².